The van der Waals surface area contributed by atoms with Gasteiger partial charge in [0.15, 0.2) is 0 Å². The summed E-state index contributed by atoms with van der Waals surface area (Å²) in [6.07, 6.45) is 0.950. The van der Waals surface area contributed by atoms with Gasteiger partial charge < -0.3 is 20.7 Å². The van der Waals surface area contributed by atoms with Crippen LogP contribution >= 0.6 is 0 Å². The number of benzene rings is 1. The zero-order chi connectivity index (χ0) is 14.4. The van der Waals surface area contributed by atoms with Crippen LogP contribution in [0, 0.1) is 0 Å². The van der Waals surface area contributed by atoms with Gasteiger partial charge in [0, 0.05) is 31.7 Å². The average Bonchev–Trinajstić information content (AvgIpc) is 2.52. The van der Waals surface area contributed by atoms with E-state index >= 15 is 0 Å². The van der Waals surface area contributed by atoms with Gasteiger partial charge in [-0.2, -0.15) is 0 Å². The standard InChI is InChI=1S/C15H23N3O2/c1-2-8-20-14-5-3-4-12(9-14)15(19)18-7-6-17-11-13(18)10-16/h3-5,9,13,17H,2,6-8,10-11,16H2,1H3. The van der Waals surface area contributed by atoms with Crippen molar-refractivity contribution in [3.8, 4) is 5.75 Å². The zero-order valence-corrected chi connectivity index (χ0v) is 12.0. The van der Waals surface area contributed by atoms with E-state index in [1.165, 1.54) is 0 Å². The third-order valence-electron chi connectivity index (χ3n) is 3.44. The number of hydrogen-bond acceptors (Lipinski definition) is 4. The van der Waals surface area contributed by atoms with E-state index in [1.54, 1.807) is 0 Å². The smallest absolute Gasteiger partial charge is 0.254 e. The second kappa shape index (κ2) is 7.26. The van der Waals surface area contributed by atoms with Gasteiger partial charge in [-0.15, -0.1) is 0 Å². The van der Waals surface area contributed by atoms with Gasteiger partial charge >= 0.3 is 0 Å². The van der Waals surface area contributed by atoms with Gasteiger partial charge in [-0.1, -0.05) is 13.0 Å². The summed E-state index contributed by atoms with van der Waals surface area (Å²) < 4.78 is 5.58. The third-order valence-corrected chi connectivity index (χ3v) is 3.44. The van der Waals surface area contributed by atoms with Crippen LogP contribution in [0.3, 0.4) is 0 Å². The molecule has 0 bridgehead atoms. The molecular formula is C15H23N3O2. The number of rotatable bonds is 5. The molecule has 2 rings (SSSR count). The summed E-state index contributed by atoms with van der Waals surface area (Å²) in [5.74, 6) is 0.779. The SMILES string of the molecule is CCCOc1cccc(C(=O)N2CCNCC2CN)c1. The highest BCUT2D eigenvalue weighted by Gasteiger charge is 2.26. The van der Waals surface area contributed by atoms with E-state index in [2.05, 4.69) is 12.2 Å². The lowest BCUT2D eigenvalue weighted by molar-refractivity contribution is 0.0644. The molecule has 1 aromatic rings. The molecule has 5 heteroatoms. The number of piperazine rings is 1. The van der Waals surface area contributed by atoms with Crippen molar-refractivity contribution in [1.82, 2.24) is 10.2 Å². The Morgan fingerprint density at radius 3 is 3.15 bits per heavy atom. The van der Waals surface area contributed by atoms with Crippen LogP contribution in [-0.2, 0) is 0 Å². The lowest BCUT2D eigenvalue weighted by Gasteiger charge is -2.35. The molecule has 1 amide bonds. The fourth-order valence-electron chi connectivity index (χ4n) is 2.34. The first kappa shape index (κ1) is 14.8. The van der Waals surface area contributed by atoms with Crippen molar-refractivity contribution >= 4 is 5.91 Å². The zero-order valence-electron chi connectivity index (χ0n) is 12.0. The van der Waals surface area contributed by atoms with E-state index in [1.807, 2.05) is 29.2 Å². The first-order valence-corrected chi connectivity index (χ1v) is 7.21. The molecule has 1 aliphatic rings. The van der Waals surface area contributed by atoms with Crippen molar-refractivity contribution in [1.29, 1.82) is 0 Å². The quantitative estimate of drug-likeness (QED) is 0.837. The molecule has 110 valence electrons. The summed E-state index contributed by atoms with van der Waals surface area (Å²) in [6.45, 7) is 5.46. The molecule has 0 aromatic heterocycles. The van der Waals surface area contributed by atoms with Crippen molar-refractivity contribution < 1.29 is 9.53 Å². The molecule has 5 nitrogen and oxygen atoms in total. The Bertz CT molecular complexity index is 450. The Balaban J connectivity index is 2.11. The Labute approximate surface area is 120 Å². The number of nitrogens with zero attached hydrogens (tertiary/aromatic N) is 1. The van der Waals surface area contributed by atoms with E-state index in [0.29, 0.717) is 25.3 Å². The molecule has 1 fully saturated rings. The number of ether oxygens (including phenoxy) is 1. The third kappa shape index (κ3) is 3.49. The van der Waals surface area contributed by atoms with Crippen LogP contribution in [0.25, 0.3) is 0 Å². The maximum Gasteiger partial charge on any atom is 0.254 e. The molecular weight excluding hydrogens is 254 g/mol. The topological polar surface area (TPSA) is 67.6 Å². The van der Waals surface area contributed by atoms with Crippen LogP contribution in [0.2, 0.25) is 0 Å². The summed E-state index contributed by atoms with van der Waals surface area (Å²) in [7, 11) is 0. The van der Waals surface area contributed by atoms with Gasteiger partial charge in [0.25, 0.3) is 5.91 Å². The Kier molecular flexibility index (Phi) is 5.38. The van der Waals surface area contributed by atoms with Crippen LogP contribution < -0.4 is 15.8 Å². The van der Waals surface area contributed by atoms with Crippen molar-refractivity contribution in [2.24, 2.45) is 5.73 Å². The number of carbonyl (C=O) groups excluding carboxylic acids is 1. The molecule has 1 atom stereocenters. The van der Waals surface area contributed by atoms with Gasteiger partial charge in [0.05, 0.1) is 12.6 Å². The minimum atomic E-state index is 0.0314. The Hall–Kier alpha value is -1.59. The van der Waals surface area contributed by atoms with E-state index in [9.17, 15) is 4.79 Å². The minimum Gasteiger partial charge on any atom is -0.494 e. The summed E-state index contributed by atoms with van der Waals surface area (Å²) in [6, 6.07) is 7.45. The lowest BCUT2D eigenvalue weighted by atomic mass is 10.1. The van der Waals surface area contributed by atoms with E-state index in [4.69, 9.17) is 10.5 Å². The monoisotopic (exact) mass is 277 g/mol. The number of nitrogens with one attached hydrogen (secondary N) is 1. The molecule has 1 heterocycles. The van der Waals surface area contributed by atoms with Crippen LogP contribution in [0.5, 0.6) is 5.75 Å². The molecule has 1 saturated heterocycles. The average molecular weight is 277 g/mol. The maximum atomic E-state index is 12.6. The van der Waals surface area contributed by atoms with Crippen LogP contribution in [0.15, 0.2) is 24.3 Å². The van der Waals surface area contributed by atoms with Crippen LogP contribution in [0.4, 0.5) is 0 Å². The fourth-order valence-corrected chi connectivity index (χ4v) is 2.34. The molecule has 3 N–H and O–H groups in total. The molecule has 0 spiro atoms. The second-order valence-electron chi connectivity index (χ2n) is 4.97. The van der Waals surface area contributed by atoms with Crippen molar-refractivity contribution in [3.63, 3.8) is 0 Å². The molecule has 0 aliphatic carbocycles. The van der Waals surface area contributed by atoms with Gasteiger partial charge in [0.2, 0.25) is 0 Å². The van der Waals surface area contributed by atoms with Gasteiger partial charge in [0.1, 0.15) is 5.75 Å². The predicted octanol–water partition coefficient (Wildman–Crippen LogP) is 0.848. The van der Waals surface area contributed by atoms with Gasteiger partial charge in [-0.3, -0.25) is 4.79 Å². The molecule has 1 aromatic carbocycles. The second-order valence-corrected chi connectivity index (χ2v) is 4.97. The van der Waals surface area contributed by atoms with Crippen LogP contribution in [-0.4, -0.2) is 49.6 Å². The lowest BCUT2D eigenvalue weighted by Crippen LogP contribution is -2.56. The minimum absolute atomic E-state index is 0.0314. The maximum absolute atomic E-state index is 12.6. The predicted molar refractivity (Wildman–Crippen MR) is 79.0 cm³/mol. The molecule has 1 aliphatic heterocycles. The Morgan fingerprint density at radius 1 is 1.55 bits per heavy atom. The van der Waals surface area contributed by atoms with Crippen molar-refractivity contribution in [2.45, 2.75) is 19.4 Å². The molecule has 1 unspecified atom stereocenters. The number of hydrogen-bond donors (Lipinski definition) is 2. The van der Waals surface area contributed by atoms with Gasteiger partial charge in [-0.05, 0) is 24.6 Å². The van der Waals surface area contributed by atoms with E-state index in [-0.39, 0.29) is 11.9 Å². The van der Waals surface area contributed by atoms with Crippen molar-refractivity contribution in [2.75, 3.05) is 32.8 Å². The summed E-state index contributed by atoms with van der Waals surface area (Å²) in [5.41, 5.74) is 6.41. The highest BCUT2D eigenvalue weighted by molar-refractivity contribution is 5.95. The highest BCUT2D eigenvalue weighted by Crippen LogP contribution is 2.17. The summed E-state index contributed by atoms with van der Waals surface area (Å²) in [4.78, 5) is 14.4. The van der Waals surface area contributed by atoms with E-state index < -0.39 is 0 Å². The first-order valence-electron chi connectivity index (χ1n) is 7.21. The number of nitrogens with two attached hydrogens (primary N) is 1. The summed E-state index contributed by atoms with van der Waals surface area (Å²) >= 11 is 0. The molecule has 20 heavy (non-hydrogen) atoms. The highest BCUT2D eigenvalue weighted by atomic mass is 16.5. The van der Waals surface area contributed by atoms with Crippen LogP contribution in [0.1, 0.15) is 23.7 Å². The number of carbonyl (C=O) groups is 1. The fraction of sp³-hybridized carbons (Fsp3) is 0.533. The Morgan fingerprint density at radius 2 is 2.40 bits per heavy atom. The number of amides is 1. The largest absolute Gasteiger partial charge is 0.494 e. The van der Waals surface area contributed by atoms with Gasteiger partial charge in [-0.25, -0.2) is 0 Å². The summed E-state index contributed by atoms with van der Waals surface area (Å²) in [5, 5.41) is 3.26. The molecule has 0 saturated carbocycles. The van der Waals surface area contributed by atoms with Crippen molar-refractivity contribution in [3.05, 3.63) is 29.8 Å². The first-order chi connectivity index (χ1) is 9.76. The van der Waals surface area contributed by atoms with E-state index in [0.717, 1.165) is 25.3 Å². The normalized spacial score (nSPS) is 18.9. The molecule has 0 radical (unpaired) electrons.